The molecule has 0 spiro atoms. The first-order chi connectivity index (χ1) is 13.4. The Balaban J connectivity index is 1.82. The number of nitrogens with zero attached hydrogens (tertiary/aromatic N) is 4. The molecule has 1 amide bonds. The van der Waals surface area contributed by atoms with Gasteiger partial charge in [0.2, 0.25) is 0 Å². The van der Waals surface area contributed by atoms with E-state index < -0.39 is 17.6 Å². The minimum absolute atomic E-state index is 0.0370. The number of halogens is 3. The third-order valence-corrected chi connectivity index (χ3v) is 4.85. The molecule has 3 aromatic heterocycles. The van der Waals surface area contributed by atoms with E-state index in [4.69, 9.17) is 9.15 Å². The molecule has 0 N–H and O–H groups in total. The quantitative estimate of drug-likeness (QED) is 0.682. The summed E-state index contributed by atoms with van der Waals surface area (Å²) >= 11 is 0. The van der Waals surface area contributed by atoms with Crippen LogP contribution in [0.3, 0.4) is 0 Å². The number of fused-ring (bicyclic) bond motifs is 1. The van der Waals surface area contributed by atoms with Gasteiger partial charge in [-0.3, -0.25) is 9.20 Å². The number of carbonyl (C=O) groups excluding carboxylic acids is 1. The zero-order valence-corrected chi connectivity index (χ0v) is 14.9. The molecule has 0 aliphatic carbocycles. The molecule has 0 radical (unpaired) electrons. The lowest BCUT2D eigenvalue weighted by atomic mass is 10.1. The summed E-state index contributed by atoms with van der Waals surface area (Å²) in [6.07, 6.45) is 1.57. The van der Waals surface area contributed by atoms with Gasteiger partial charge < -0.3 is 14.1 Å². The van der Waals surface area contributed by atoms with Gasteiger partial charge in [-0.15, -0.1) is 0 Å². The number of hydrogen-bond donors (Lipinski definition) is 0. The fourth-order valence-corrected chi connectivity index (χ4v) is 3.31. The zero-order chi connectivity index (χ0) is 19.9. The van der Waals surface area contributed by atoms with Gasteiger partial charge >= 0.3 is 6.18 Å². The molecular formula is C18H17F3N4O3. The van der Waals surface area contributed by atoms with Crippen molar-refractivity contribution in [1.29, 1.82) is 0 Å². The van der Waals surface area contributed by atoms with Crippen molar-refractivity contribution in [2.24, 2.45) is 0 Å². The highest BCUT2D eigenvalue weighted by Crippen LogP contribution is 2.34. The van der Waals surface area contributed by atoms with Gasteiger partial charge in [0.1, 0.15) is 11.3 Å². The van der Waals surface area contributed by atoms with Crippen LogP contribution >= 0.6 is 0 Å². The van der Waals surface area contributed by atoms with Gasteiger partial charge in [-0.2, -0.15) is 13.2 Å². The van der Waals surface area contributed by atoms with Crippen LogP contribution in [0.2, 0.25) is 0 Å². The summed E-state index contributed by atoms with van der Waals surface area (Å²) in [5, 5.41) is 0. The van der Waals surface area contributed by atoms with Crippen molar-refractivity contribution < 1.29 is 27.1 Å². The minimum atomic E-state index is -4.60. The maximum atomic E-state index is 13.4. The van der Waals surface area contributed by atoms with Crippen LogP contribution in [0.4, 0.5) is 13.2 Å². The number of rotatable bonds is 3. The first-order valence-corrected chi connectivity index (χ1v) is 8.68. The summed E-state index contributed by atoms with van der Waals surface area (Å²) in [4.78, 5) is 22.4. The third kappa shape index (κ3) is 3.24. The number of alkyl halides is 3. The van der Waals surface area contributed by atoms with E-state index in [2.05, 4.69) is 9.97 Å². The summed E-state index contributed by atoms with van der Waals surface area (Å²) in [7, 11) is 1.62. The number of imidazole rings is 1. The molecule has 7 nitrogen and oxygen atoms in total. The lowest BCUT2D eigenvalue weighted by Gasteiger charge is -2.31. The van der Waals surface area contributed by atoms with Crippen molar-refractivity contribution in [3.63, 3.8) is 0 Å². The molecule has 4 rings (SSSR count). The molecule has 28 heavy (non-hydrogen) atoms. The molecule has 0 saturated carbocycles. The predicted octanol–water partition coefficient (Wildman–Crippen LogP) is 3.26. The summed E-state index contributed by atoms with van der Waals surface area (Å²) in [5.74, 6) is -0.291. The highest BCUT2D eigenvalue weighted by Gasteiger charge is 2.34. The van der Waals surface area contributed by atoms with Gasteiger partial charge in [0.15, 0.2) is 12.2 Å². The fraction of sp³-hybridized carbons (Fsp3) is 0.389. The number of likely N-dealkylation sites (N-methyl/N-ethyl adjacent to an activating group) is 1. The van der Waals surface area contributed by atoms with E-state index in [1.54, 1.807) is 7.05 Å². The second kappa shape index (κ2) is 6.93. The molecule has 4 heterocycles. The Morgan fingerprint density at radius 2 is 2.18 bits per heavy atom. The average molecular weight is 394 g/mol. The Hall–Kier alpha value is -2.88. The highest BCUT2D eigenvalue weighted by atomic mass is 19.4. The molecule has 10 heteroatoms. The van der Waals surface area contributed by atoms with E-state index in [1.165, 1.54) is 17.3 Å². The predicted molar refractivity (Wildman–Crippen MR) is 91.6 cm³/mol. The van der Waals surface area contributed by atoms with Crippen LogP contribution in [0, 0.1) is 0 Å². The van der Waals surface area contributed by atoms with Gasteiger partial charge in [0.05, 0.1) is 36.2 Å². The molecule has 1 atom stereocenters. The number of hydrogen-bond acceptors (Lipinski definition) is 5. The number of oxazole rings is 1. The normalized spacial score (nSPS) is 17.8. The van der Waals surface area contributed by atoms with Gasteiger partial charge in [-0.25, -0.2) is 9.97 Å². The van der Waals surface area contributed by atoms with Crippen LogP contribution in [-0.4, -0.2) is 51.5 Å². The van der Waals surface area contributed by atoms with Crippen molar-refractivity contribution in [1.82, 2.24) is 19.3 Å². The summed E-state index contributed by atoms with van der Waals surface area (Å²) in [5.41, 5.74) is -0.589. The Morgan fingerprint density at radius 3 is 2.82 bits per heavy atom. The Labute approximate surface area is 157 Å². The van der Waals surface area contributed by atoms with Crippen LogP contribution < -0.4 is 0 Å². The highest BCUT2D eigenvalue weighted by molar-refractivity contribution is 5.94. The van der Waals surface area contributed by atoms with Gasteiger partial charge in [0, 0.05) is 19.9 Å². The molecule has 0 aromatic carbocycles. The van der Waals surface area contributed by atoms with Crippen molar-refractivity contribution in [3.8, 4) is 11.3 Å². The molecule has 148 valence electrons. The fourth-order valence-electron chi connectivity index (χ4n) is 3.31. The van der Waals surface area contributed by atoms with Crippen LogP contribution in [0.1, 0.15) is 28.9 Å². The summed E-state index contributed by atoms with van der Waals surface area (Å²) in [6, 6.07) is 0.807. The van der Waals surface area contributed by atoms with E-state index in [9.17, 15) is 18.0 Å². The van der Waals surface area contributed by atoms with Crippen LogP contribution in [-0.2, 0) is 10.9 Å². The summed E-state index contributed by atoms with van der Waals surface area (Å²) < 4.78 is 52.0. The number of carbonyl (C=O) groups is 1. The first-order valence-electron chi connectivity index (χ1n) is 8.68. The number of aromatic nitrogens is 3. The maximum absolute atomic E-state index is 13.4. The molecule has 0 bridgehead atoms. The van der Waals surface area contributed by atoms with Crippen LogP contribution in [0.5, 0.6) is 0 Å². The second-order valence-electron chi connectivity index (χ2n) is 6.63. The zero-order valence-electron chi connectivity index (χ0n) is 14.9. The molecule has 1 saturated heterocycles. The summed E-state index contributed by atoms with van der Waals surface area (Å²) in [6.45, 7) is 1.04. The second-order valence-corrected chi connectivity index (χ2v) is 6.63. The number of pyridine rings is 1. The van der Waals surface area contributed by atoms with E-state index >= 15 is 0 Å². The molecule has 1 aliphatic heterocycles. The van der Waals surface area contributed by atoms with Crippen molar-refractivity contribution in [3.05, 3.63) is 42.3 Å². The maximum Gasteiger partial charge on any atom is 0.417 e. The van der Waals surface area contributed by atoms with E-state index in [-0.39, 0.29) is 28.7 Å². The Bertz CT molecular complexity index is 992. The molecule has 1 unspecified atom stereocenters. The first kappa shape index (κ1) is 18.5. The molecule has 3 aromatic rings. The van der Waals surface area contributed by atoms with E-state index in [0.717, 1.165) is 35.9 Å². The topological polar surface area (TPSA) is 72.9 Å². The smallest absolute Gasteiger partial charge is 0.417 e. The van der Waals surface area contributed by atoms with E-state index in [0.29, 0.717) is 13.2 Å². The molecular weight excluding hydrogens is 377 g/mol. The van der Waals surface area contributed by atoms with Crippen molar-refractivity contribution in [2.45, 2.75) is 25.1 Å². The van der Waals surface area contributed by atoms with Gasteiger partial charge in [0.25, 0.3) is 5.91 Å². The monoisotopic (exact) mass is 394 g/mol. The third-order valence-electron chi connectivity index (χ3n) is 4.85. The van der Waals surface area contributed by atoms with Crippen LogP contribution in [0.25, 0.3) is 17.0 Å². The SMILES string of the molecule is CN(C(=O)c1cnc2c(-c3cnco3)cc(C(F)(F)F)cn12)C1CCCOC1. The largest absolute Gasteiger partial charge is 0.443 e. The van der Waals surface area contributed by atoms with Crippen molar-refractivity contribution in [2.75, 3.05) is 20.3 Å². The molecule has 1 aliphatic rings. The average Bonchev–Trinajstić information content (AvgIpc) is 3.36. The Kier molecular flexibility index (Phi) is 4.58. The lowest BCUT2D eigenvalue weighted by Crippen LogP contribution is -2.42. The minimum Gasteiger partial charge on any atom is -0.443 e. The van der Waals surface area contributed by atoms with Crippen molar-refractivity contribution >= 4 is 11.6 Å². The van der Waals surface area contributed by atoms with E-state index in [1.807, 2.05) is 0 Å². The lowest BCUT2D eigenvalue weighted by molar-refractivity contribution is -0.137. The number of amides is 1. The molecule has 1 fully saturated rings. The Morgan fingerprint density at radius 1 is 1.36 bits per heavy atom. The van der Waals surface area contributed by atoms with Gasteiger partial charge in [-0.05, 0) is 18.9 Å². The standard InChI is InChI=1S/C18H17F3N4O3/c1-24(12-3-2-4-27-9-12)17(26)14-6-23-16-13(15-7-22-10-28-15)5-11(8-25(14)16)18(19,20)21/h5-8,10,12H,2-4,9H2,1H3. The number of ether oxygens (including phenoxy) is 1. The van der Waals surface area contributed by atoms with Crippen LogP contribution in [0.15, 0.2) is 35.5 Å². The van der Waals surface area contributed by atoms with Gasteiger partial charge in [-0.1, -0.05) is 0 Å².